The average Bonchev–Trinajstić information content (AvgIpc) is 2.67. The first-order valence-electron chi connectivity index (χ1n) is 9.40. The molecule has 0 fully saturated rings. The molecule has 1 heterocycles. The second kappa shape index (κ2) is 8.45. The molecule has 0 bridgehead atoms. The third-order valence-corrected chi connectivity index (χ3v) is 6.97. The molecule has 1 atom stereocenters. The lowest BCUT2D eigenvalue weighted by molar-refractivity contribution is -0.122. The molecule has 1 amide bonds. The van der Waals surface area contributed by atoms with Gasteiger partial charge < -0.3 is 14.8 Å². The highest BCUT2D eigenvalue weighted by Crippen LogP contribution is 2.41. The Bertz CT molecular complexity index is 1040. The van der Waals surface area contributed by atoms with E-state index in [0.29, 0.717) is 22.9 Å². The van der Waals surface area contributed by atoms with E-state index in [1.165, 1.54) is 31.3 Å². The van der Waals surface area contributed by atoms with E-state index in [4.69, 9.17) is 21.1 Å². The van der Waals surface area contributed by atoms with Crippen LogP contribution in [-0.2, 0) is 14.8 Å². The zero-order valence-electron chi connectivity index (χ0n) is 17.3. The van der Waals surface area contributed by atoms with Crippen molar-refractivity contribution < 1.29 is 22.7 Å². The standard InChI is InChI=1S/C21H25ClN2O5S/c1-21(2)12-18(17-11-15(28-4)7-10-19(17)29-21)23-20(25)13-24(3)30(26,27)16-8-5-14(22)6-9-16/h5-11,18H,12-13H2,1-4H3,(H,23,25)/t18-/m1/s1. The van der Waals surface area contributed by atoms with E-state index in [1.54, 1.807) is 13.2 Å². The molecule has 0 saturated heterocycles. The summed E-state index contributed by atoms with van der Waals surface area (Å²) in [5.41, 5.74) is 0.311. The van der Waals surface area contributed by atoms with Gasteiger partial charge in [-0.15, -0.1) is 0 Å². The van der Waals surface area contributed by atoms with Gasteiger partial charge in [0.25, 0.3) is 0 Å². The first-order chi connectivity index (χ1) is 14.0. The summed E-state index contributed by atoms with van der Waals surface area (Å²) in [7, 11) is -0.878. The number of benzene rings is 2. The Hall–Kier alpha value is -2.29. The molecule has 2 aromatic rings. The number of ether oxygens (including phenoxy) is 2. The number of nitrogens with zero attached hydrogens (tertiary/aromatic N) is 1. The van der Waals surface area contributed by atoms with Gasteiger partial charge in [0, 0.05) is 24.1 Å². The van der Waals surface area contributed by atoms with Gasteiger partial charge in [0.2, 0.25) is 15.9 Å². The van der Waals surface area contributed by atoms with E-state index < -0.39 is 21.5 Å². The highest BCUT2D eigenvalue weighted by atomic mass is 35.5. The molecule has 0 radical (unpaired) electrons. The molecule has 2 aromatic carbocycles. The third kappa shape index (κ3) is 4.88. The zero-order valence-corrected chi connectivity index (χ0v) is 18.9. The molecular weight excluding hydrogens is 428 g/mol. The van der Waals surface area contributed by atoms with Crippen molar-refractivity contribution in [3.8, 4) is 11.5 Å². The number of likely N-dealkylation sites (N-methyl/N-ethyl adjacent to an activating group) is 1. The van der Waals surface area contributed by atoms with Crippen molar-refractivity contribution in [3.63, 3.8) is 0 Å². The van der Waals surface area contributed by atoms with Gasteiger partial charge in [0.15, 0.2) is 0 Å². The molecule has 0 spiro atoms. The van der Waals surface area contributed by atoms with Crippen molar-refractivity contribution in [2.45, 2.75) is 36.8 Å². The van der Waals surface area contributed by atoms with E-state index in [-0.39, 0.29) is 17.5 Å². The number of sulfonamides is 1. The number of rotatable bonds is 6. The maximum atomic E-state index is 12.7. The van der Waals surface area contributed by atoms with Crippen LogP contribution in [-0.4, -0.2) is 44.9 Å². The number of nitrogens with one attached hydrogen (secondary N) is 1. The van der Waals surface area contributed by atoms with Crippen LogP contribution in [0.3, 0.4) is 0 Å². The Kier molecular flexibility index (Phi) is 6.31. The summed E-state index contributed by atoms with van der Waals surface area (Å²) in [5, 5.41) is 3.38. The quantitative estimate of drug-likeness (QED) is 0.726. The van der Waals surface area contributed by atoms with E-state index in [1.807, 2.05) is 26.0 Å². The van der Waals surface area contributed by atoms with Crippen molar-refractivity contribution in [2.75, 3.05) is 20.7 Å². The number of methoxy groups -OCH3 is 1. The number of carbonyl (C=O) groups is 1. The predicted octanol–water partition coefficient (Wildman–Crippen LogP) is 3.39. The lowest BCUT2D eigenvalue weighted by atomic mass is 9.89. The fraction of sp³-hybridized carbons (Fsp3) is 0.381. The number of amides is 1. The molecule has 0 unspecified atom stereocenters. The number of fused-ring (bicyclic) bond motifs is 1. The number of halogens is 1. The van der Waals surface area contributed by atoms with Crippen LogP contribution in [0.2, 0.25) is 5.02 Å². The SMILES string of the molecule is COc1ccc2c(c1)[C@H](NC(=O)CN(C)S(=O)(=O)c1ccc(Cl)cc1)CC(C)(C)O2. The monoisotopic (exact) mass is 452 g/mol. The van der Waals surface area contributed by atoms with Gasteiger partial charge in [-0.1, -0.05) is 11.6 Å². The molecule has 1 N–H and O–H groups in total. The maximum absolute atomic E-state index is 12.7. The number of carbonyl (C=O) groups excluding carboxylic acids is 1. The summed E-state index contributed by atoms with van der Waals surface area (Å²) in [4.78, 5) is 12.8. The lowest BCUT2D eigenvalue weighted by Gasteiger charge is -2.38. The molecular formula is C21H25ClN2O5S. The molecule has 9 heteroatoms. The Morgan fingerprint density at radius 3 is 2.57 bits per heavy atom. The van der Waals surface area contributed by atoms with Crippen LogP contribution in [0.5, 0.6) is 11.5 Å². The normalized spacial score (nSPS) is 17.7. The van der Waals surface area contributed by atoms with Crippen LogP contribution in [0.15, 0.2) is 47.4 Å². The van der Waals surface area contributed by atoms with Crippen LogP contribution in [0.1, 0.15) is 31.9 Å². The summed E-state index contributed by atoms with van der Waals surface area (Å²) in [6, 6.07) is 10.9. The van der Waals surface area contributed by atoms with Gasteiger partial charge in [-0.25, -0.2) is 8.42 Å². The van der Waals surface area contributed by atoms with Gasteiger partial charge in [-0.05, 0) is 56.3 Å². The fourth-order valence-corrected chi connectivity index (χ4v) is 4.66. The topological polar surface area (TPSA) is 84.9 Å². The second-order valence-electron chi connectivity index (χ2n) is 7.80. The van der Waals surface area contributed by atoms with Crippen LogP contribution in [0.4, 0.5) is 0 Å². The largest absolute Gasteiger partial charge is 0.497 e. The van der Waals surface area contributed by atoms with Crippen LogP contribution in [0, 0.1) is 0 Å². The molecule has 0 aromatic heterocycles. The number of hydrogen-bond donors (Lipinski definition) is 1. The van der Waals surface area contributed by atoms with E-state index in [9.17, 15) is 13.2 Å². The maximum Gasteiger partial charge on any atom is 0.243 e. The zero-order chi connectivity index (χ0) is 22.1. The molecule has 162 valence electrons. The minimum absolute atomic E-state index is 0.0736. The van der Waals surface area contributed by atoms with Crippen LogP contribution >= 0.6 is 11.6 Å². The molecule has 0 aliphatic carbocycles. The van der Waals surface area contributed by atoms with Gasteiger partial charge in [-0.3, -0.25) is 4.79 Å². The Labute approximate surface area is 182 Å². The van der Waals surface area contributed by atoms with Crippen molar-refractivity contribution in [1.82, 2.24) is 9.62 Å². The van der Waals surface area contributed by atoms with Crippen molar-refractivity contribution in [2.24, 2.45) is 0 Å². The van der Waals surface area contributed by atoms with Crippen molar-refractivity contribution in [1.29, 1.82) is 0 Å². The van der Waals surface area contributed by atoms with E-state index in [2.05, 4.69) is 5.32 Å². The van der Waals surface area contributed by atoms with Crippen molar-refractivity contribution >= 4 is 27.5 Å². The number of hydrogen-bond acceptors (Lipinski definition) is 5. The van der Waals surface area contributed by atoms with E-state index >= 15 is 0 Å². The van der Waals surface area contributed by atoms with Crippen LogP contribution < -0.4 is 14.8 Å². The molecule has 1 aliphatic heterocycles. The van der Waals surface area contributed by atoms with Gasteiger partial charge in [-0.2, -0.15) is 4.31 Å². The van der Waals surface area contributed by atoms with Gasteiger partial charge in [0.1, 0.15) is 17.1 Å². The summed E-state index contributed by atoms with van der Waals surface area (Å²) in [6.45, 7) is 3.56. The lowest BCUT2D eigenvalue weighted by Crippen LogP contribution is -2.44. The Morgan fingerprint density at radius 1 is 1.27 bits per heavy atom. The summed E-state index contributed by atoms with van der Waals surface area (Å²) in [5.74, 6) is 0.907. The summed E-state index contributed by atoms with van der Waals surface area (Å²) < 4.78 is 37.8. The van der Waals surface area contributed by atoms with Gasteiger partial charge >= 0.3 is 0 Å². The minimum atomic E-state index is -3.82. The highest BCUT2D eigenvalue weighted by molar-refractivity contribution is 7.89. The molecule has 30 heavy (non-hydrogen) atoms. The Balaban J connectivity index is 1.76. The average molecular weight is 453 g/mol. The minimum Gasteiger partial charge on any atom is -0.497 e. The fourth-order valence-electron chi connectivity index (χ4n) is 3.40. The first-order valence-corrected chi connectivity index (χ1v) is 11.2. The molecule has 1 aliphatic rings. The van der Waals surface area contributed by atoms with Crippen molar-refractivity contribution in [3.05, 3.63) is 53.1 Å². The van der Waals surface area contributed by atoms with E-state index in [0.717, 1.165) is 9.87 Å². The Morgan fingerprint density at radius 2 is 1.93 bits per heavy atom. The highest BCUT2D eigenvalue weighted by Gasteiger charge is 2.35. The van der Waals surface area contributed by atoms with Crippen LogP contribution in [0.25, 0.3) is 0 Å². The van der Waals surface area contributed by atoms with Gasteiger partial charge in [0.05, 0.1) is 24.6 Å². The summed E-state index contributed by atoms with van der Waals surface area (Å²) in [6.07, 6.45) is 0.534. The molecule has 3 rings (SSSR count). The summed E-state index contributed by atoms with van der Waals surface area (Å²) >= 11 is 5.83. The molecule has 7 nitrogen and oxygen atoms in total. The smallest absolute Gasteiger partial charge is 0.243 e. The molecule has 0 saturated carbocycles. The second-order valence-corrected chi connectivity index (χ2v) is 10.3. The predicted molar refractivity (Wildman–Crippen MR) is 114 cm³/mol. The first kappa shape index (κ1) is 22.4. The third-order valence-electron chi connectivity index (χ3n) is 4.90.